The van der Waals surface area contributed by atoms with Crippen LogP contribution in [0.4, 0.5) is 0 Å². The number of rotatable bonds is 6. The van der Waals surface area contributed by atoms with Gasteiger partial charge in [0.2, 0.25) is 5.88 Å². The molecule has 19 heavy (non-hydrogen) atoms. The van der Waals surface area contributed by atoms with Crippen molar-refractivity contribution in [3.8, 4) is 5.88 Å². The normalized spacial score (nSPS) is 10.4. The van der Waals surface area contributed by atoms with Crippen molar-refractivity contribution in [1.82, 2.24) is 10.3 Å². The second-order valence-electron chi connectivity index (χ2n) is 4.20. The minimum absolute atomic E-state index is 0.472. The van der Waals surface area contributed by atoms with Gasteiger partial charge in [-0.05, 0) is 29.8 Å². The molecule has 0 aliphatic rings. The van der Waals surface area contributed by atoms with Gasteiger partial charge in [0.25, 0.3) is 0 Å². The fourth-order valence-electron chi connectivity index (χ4n) is 1.65. The molecule has 2 aromatic rings. The molecule has 1 N–H and O–H groups in total. The highest BCUT2D eigenvalue weighted by atomic mass is 35.5. The summed E-state index contributed by atoms with van der Waals surface area (Å²) in [5, 5.41) is 3.97. The molecule has 3 nitrogen and oxygen atoms in total. The molecule has 0 bridgehead atoms. The number of nitrogens with one attached hydrogen (secondary N) is 1. The molecule has 0 radical (unpaired) electrons. The van der Waals surface area contributed by atoms with Gasteiger partial charge in [0.05, 0.1) is 0 Å². The van der Waals surface area contributed by atoms with E-state index in [1.807, 2.05) is 42.6 Å². The van der Waals surface area contributed by atoms with E-state index in [1.54, 1.807) is 0 Å². The number of pyridine rings is 1. The van der Waals surface area contributed by atoms with E-state index in [0.717, 1.165) is 29.2 Å². The van der Waals surface area contributed by atoms with E-state index < -0.39 is 0 Å². The lowest BCUT2D eigenvalue weighted by atomic mass is 10.2. The summed E-state index contributed by atoms with van der Waals surface area (Å²) in [6, 6.07) is 11.5. The summed E-state index contributed by atoms with van der Waals surface area (Å²) in [7, 11) is 0. The van der Waals surface area contributed by atoms with Crippen LogP contribution in [0.3, 0.4) is 0 Å². The van der Waals surface area contributed by atoms with Crippen LogP contribution in [-0.4, -0.2) is 11.5 Å². The topological polar surface area (TPSA) is 34.1 Å². The van der Waals surface area contributed by atoms with Crippen molar-refractivity contribution in [2.24, 2.45) is 0 Å². The number of benzene rings is 1. The molecule has 0 aliphatic carbocycles. The number of hydrogen-bond acceptors (Lipinski definition) is 3. The van der Waals surface area contributed by atoms with Gasteiger partial charge in [-0.2, -0.15) is 0 Å². The summed E-state index contributed by atoms with van der Waals surface area (Å²) in [6.07, 6.45) is 1.83. The average molecular weight is 277 g/mol. The van der Waals surface area contributed by atoms with E-state index in [1.165, 1.54) is 0 Å². The Morgan fingerprint density at radius 3 is 2.79 bits per heavy atom. The van der Waals surface area contributed by atoms with Gasteiger partial charge in [0, 0.05) is 23.8 Å². The van der Waals surface area contributed by atoms with E-state index in [4.69, 9.17) is 16.3 Å². The van der Waals surface area contributed by atoms with E-state index in [-0.39, 0.29) is 0 Å². The summed E-state index contributed by atoms with van der Waals surface area (Å²) in [5.41, 5.74) is 2.18. The van der Waals surface area contributed by atoms with E-state index in [9.17, 15) is 0 Å². The number of hydrogen-bond donors (Lipinski definition) is 1. The molecule has 0 aliphatic heterocycles. The van der Waals surface area contributed by atoms with E-state index >= 15 is 0 Å². The minimum Gasteiger partial charge on any atom is -0.473 e. The van der Waals surface area contributed by atoms with Gasteiger partial charge >= 0.3 is 0 Å². The molecule has 0 saturated heterocycles. The predicted molar refractivity (Wildman–Crippen MR) is 77.4 cm³/mol. The maximum absolute atomic E-state index is 5.92. The van der Waals surface area contributed by atoms with Crippen LogP contribution < -0.4 is 10.1 Å². The molecule has 4 heteroatoms. The SMILES string of the molecule is CCNCc1ccc(OCc2cccc(Cl)c2)nc1. The summed E-state index contributed by atoms with van der Waals surface area (Å²) < 4.78 is 5.62. The van der Waals surface area contributed by atoms with Crippen LogP contribution in [0, 0.1) is 0 Å². The van der Waals surface area contributed by atoms with Crippen LogP contribution >= 0.6 is 11.6 Å². The molecule has 100 valence electrons. The second-order valence-corrected chi connectivity index (χ2v) is 4.64. The Balaban J connectivity index is 1.89. The standard InChI is InChI=1S/C15H17ClN2O/c1-2-17-9-13-6-7-15(18-10-13)19-11-12-4-3-5-14(16)8-12/h3-8,10,17H,2,9,11H2,1H3. The fourth-order valence-corrected chi connectivity index (χ4v) is 1.87. The summed E-state index contributed by atoms with van der Waals surface area (Å²) in [6.45, 7) is 4.33. The van der Waals surface area contributed by atoms with E-state index in [0.29, 0.717) is 12.5 Å². The maximum atomic E-state index is 5.92. The van der Waals surface area contributed by atoms with Gasteiger partial charge in [0.1, 0.15) is 6.61 Å². The number of aromatic nitrogens is 1. The van der Waals surface area contributed by atoms with Gasteiger partial charge in [0.15, 0.2) is 0 Å². The molecule has 0 atom stereocenters. The second kappa shape index (κ2) is 7.12. The smallest absolute Gasteiger partial charge is 0.213 e. The summed E-state index contributed by atoms with van der Waals surface area (Å²) >= 11 is 5.92. The van der Waals surface area contributed by atoms with Crippen molar-refractivity contribution in [2.75, 3.05) is 6.54 Å². The van der Waals surface area contributed by atoms with Crippen LogP contribution in [0.5, 0.6) is 5.88 Å². The predicted octanol–water partition coefficient (Wildman–Crippen LogP) is 3.42. The number of halogens is 1. The van der Waals surface area contributed by atoms with Crippen molar-refractivity contribution in [1.29, 1.82) is 0 Å². The monoisotopic (exact) mass is 276 g/mol. The number of ether oxygens (including phenoxy) is 1. The Bertz CT molecular complexity index is 514. The van der Waals surface area contributed by atoms with Crippen molar-refractivity contribution in [3.05, 3.63) is 58.7 Å². The summed E-state index contributed by atoms with van der Waals surface area (Å²) in [4.78, 5) is 4.27. The molecule has 0 amide bonds. The first-order valence-electron chi connectivity index (χ1n) is 6.31. The van der Waals surface area contributed by atoms with Crippen LogP contribution in [0.1, 0.15) is 18.1 Å². The molecular formula is C15H17ClN2O. The molecule has 0 saturated carbocycles. The molecule has 0 fully saturated rings. The van der Waals surface area contributed by atoms with Crippen molar-refractivity contribution in [3.63, 3.8) is 0 Å². The highest BCUT2D eigenvalue weighted by Crippen LogP contribution is 2.14. The Morgan fingerprint density at radius 2 is 2.11 bits per heavy atom. The van der Waals surface area contributed by atoms with Crippen LogP contribution in [0.25, 0.3) is 0 Å². The molecule has 2 rings (SSSR count). The van der Waals surface area contributed by atoms with Gasteiger partial charge in [-0.1, -0.05) is 36.7 Å². The summed E-state index contributed by atoms with van der Waals surface area (Å²) in [5.74, 6) is 0.625. The fraction of sp³-hybridized carbons (Fsp3) is 0.267. The third-order valence-corrected chi connectivity index (χ3v) is 2.89. The van der Waals surface area contributed by atoms with Crippen molar-refractivity contribution in [2.45, 2.75) is 20.1 Å². The van der Waals surface area contributed by atoms with Crippen LogP contribution in [-0.2, 0) is 13.2 Å². The average Bonchev–Trinajstić information content (AvgIpc) is 2.44. The third-order valence-electron chi connectivity index (χ3n) is 2.65. The van der Waals surface area contributed by atoms with Gasteiger partial charge in [-0.3, -0.25) is 0 Å². The number of nitrogens with zero attached hydrogens (tertiary/aromatic N) is 1. The highest BCUT2D eigenvalue weighted by Gasteiger charge is 1.99. The minimum atomic E-state index is 0.472. The first-order valence-corrected chi connectivity index (χ1v) is 6.68. The zero-order valence-electron chi connectivity index (χ0n) is 10.9. The zero-order valence-corrected chi connectivity index (χ0v) is 11.7. The highest BCUT2D eigenvalue weighted by molar-refractivity contribution is 6.30. The molecule has 0 unspecified atom stereocenters. The molecule has 1 heterocycles. The lowest BCUT2D eigenvalue weighted by Crippen LogP contribution is -2.11. The first kappa shape index (κ1) is 13.8. The quantitative estimate of drug-likeness (QED) is 0.878. The Labute approximate surface area is 118 Å². The molecule has 1 aromatic heterocycles. The largest absolute Gasteiger partial charge is 0.473 e. The zero-order chi connectivity index (χ0) is 13.5. The van der Waals surface area contributed by atoms with Gasteiger partial charge in [-0.25, -0.2) is 4.98 Å². The lowest BCUT2D eigenvalue weighted by Gasteiger charge is -2.07. The van der Waals surface area contributed by atoms with Gasteiger partial charge < -0.3 is 10.1 Å². The lowest BCUT2D eigenvalue weighted by molar-refractivity contribution is 0.293. The van der Waals surface area contributed by atoms with Crippen molar-refractivity contribution < 1.29 is 4.74 Å². The Kier molecular flexibility index (Phi) is 5.19. The molecular weight excluding hydrogens is 260 g/mol. The van der Waals surface area contributed by atoms with E-state index in [2.05, 4.69) is 17.2 Å². The third kappa shape index (κ3) is 4.54. The van der Waals surface area contributed by atoms with Crippen LogP contribution in [0.2, 0.25) is 5.02 Å². The van der Waals surface area contributed by atoms with Crippen molar-refractivity contribution >= 4 is 11.6 Å². The van der Waals surface area contributed by atoms with Gasteiger partial charge in [-0.15, -0.1) is 0 Å². The Morgan fingerprint density at radius 1 is 1.21 bits per heavy atom. The maximum Gasteiger partial charge on any atom is 0.213 e. The first-order chi connectivity index (χ1) is 9.28. The molecule has 1 aromatic carbocycles. The Hall–Kier alpha value is -1.58. The molecule has 0 spiro atoms. The van der Waals surface area contributed by atoms with Crippen LogP contribution in [0.15, 0.2) is 42.6 Å².